The van der Waals surface area contributed by atoms with Crippen LogP contribution < -0.4 is 15.8 Å². The van der Waals surface area contributed by atoms with Gasteiger partial charge >= 0.3 is 0 Å². The summed E-state index contributed by atoms with van der Waals surface area (Å²) in [5.74, 6) is -0.159. The highest BCUT2D eigenvalue weighted by Gasteiger charge is 2.31. The van der Waals surface area contributed by atoms with Crippen molar-refractivity contribution in [2.24, 2.45) is 5.73 Å². The molecule has 4 aromatic rings. The van der Waals surface area contributed by atoms with Crippen molar-refractivity contribution in [3.8, 4) is 22.8 Å². The first-order valence-electron chi connectivity index (χ1n) is 11.7. The lowest BCUT2D eigenvalue weighted by molar-refractivity contribution is -0.117. The van der Waals surface area contributed by atoms with Crippen molar-refractivity contribution in [3.63, 3.8) is 0 Å². The van der Waals surface area contributed by atoms with E-state index in [2.05, 4.69) is 15.3 Å². The molecule has 0 atom stereocenters. The number of halogens is 1. The first kappa shape index (κ1) is 23.4. The number of fused-ring (bicyclic) bond motifs is 1. The highest BCUT2D eigenvalue weighted by atomic mass is 19.1. The predicted molar refractivity (Wildman–Crippen MR) is 131 cm³/mol. The topological polar surface area (TPSA) is 125 Å². The van der Waals surface area contributed by atoms with Gasteiger partial charge in [-0.2, -0.15) is 9.78 Å². The van der Waals surface area contributed by atoms with Gasteiger partial charge in [0.1, 0.15) is 11.6 Å². The van der Waals surface area contributed by atoms with E-state index in [4.69, 9.17) is 15.6 Å². The zero-order chi connectivity index (χ0) is 25.4. The molecule has 1 aliphatic carbocycles. The van der Waals surface area contributed by atoms with Crippen LogP contribution >= 0.6 is 0 Å². The van der Waals surface area contributed by atoms with Crippen molar-refractivity contribution in [3.05, 3.63) is 65.4 Å². The molecule has 1 aliphatic rings. The first-order valence-corrected chi connectivity index (χ1v) is 11.7. The number of aromatic nitrogens is 4. The molecule has 10 heteroatoms. The summed E-state index contributed by atoms with van der Waals surface area (Å²) in [5, 5.41) is 8.18. The number of amides is 2. The normalized spacial score (nSPS) is 13.1. The number of ether oxygens (including phenoxy) is 1. The van der Waals surface area contributed by atoms with Gasteiger partial charge in [0.15, 0.2) is 0 Å². The number of rotatable bonds is 8. The molecule has 0 radical (unpaired) electrons. The Labute approximate surface area is 206 Å². The molecule has 1 saturated carbocycles. The molecular formula is C26H25FN6O3. The molecule has 0 aliphatic heterocycles. The number of nitrogens with two attached hydrogens (primary N) is 1. The van der Waals surface area contributed by atoms with Crippen LogP contribution in [0.15, 0.2) is 42.7 Å². The molecular weight excluding hydrogens is 463 g/mol. The minimum atomic E-state index is -0.503. The van der Waals surface area contributed by atoms with Gasteiger partial charge in [-0.3, -0.25) is 9.59 Å². The van der Waals surface area contributed by atoms with Gasteiger partial charge in [0.05, 0.1) is 24.2 Å². The average Bonchev–Trinajstić information content (AvgIpc) is 3.64. The van der Waals surface area contributed by atoms with Crippen LogP contribution in [0.4, 0.5) is 4.39 Å². The quantitative estimate of drug-likeness (QED) is 0.392. The van der Waals surface area contributed by atoms with Crippen LogP contribution in [0.25, 0.3) is 28.0 Å². The van der Waals surface area contributed by atoms with Crippen LogP contribution in [0.2, 0.25) is 0 Å². The molecule has 36 heavy (non-hydrogen) atoms. The number of nitrogens with zero attached hydrogens (tertiary/aromatic N) is 4. The lowest BCUT2D eigenvalue weighted by Gasteiger charge is -2.09. The minimum Gasteiger partial charge on any atom is -0.494 e. The Morgan fingerprint density at radius 3 is 2.58 bits per heavy atom. The third-order valence-corrected chi connectivity index (χ3v) is 6.10. The largest absolute Gasteiger partial charge is 0.494 e. The summed E-state index contributed by atoms with van der Waals surface area (Å²) < 4.78 is 21.6. The maximum absolute atomic E-state index is 14.5. The van der Waals surface area contributed by atoms with E-state index in [0.717, 1.165) is 23.9 Å². The van der Waals surface area contributed by atoms with Crippen molar-refractivity contribution in [2.45, 2.75) is 32.1 Å². The van der Waals surface area contributed by atoms with Gasteiger partial charge in [0.2, 0.25) is 5.91 Å². The molecule has 1 fully saturated rings. The van der Waals surface area contributed by atoms with E-state index in [1.165, 1.54) is 25.5 Å². The molecule has 2 aromatic carbocycles. The van der Waals surface area contributed by atoms with Crippen molar-refractivity contribution in [1.29, 1.82) is 0 Å². The molecule has 2 heterocycles. The molecule has 0 saturated heterocycles. The number of primary amides is 1. The highest BCUT2D eigenvalue weighted by Crippen LogP contribution is 2.44. The third-order valence-electron chi connectivity index (χ3n) is 6.10. The van der Waals surface area contributed by atoms with Crippen molar-refractivity contribution in [1.82, 2.24) is 25.1 Å². The molecule has 0 unspecified atom stereocenters. The van der Waals surface area contributed by atoms with Gasteiger partial charge < -0.3 is 15.8 Å². The summed E-state index contributed by atoms with van der Waals surface area (Å²) in [4.78, 5) is 33.2. The van der Waals surface area contributed by atoms with Crippen LogP contribution in [0, 0.1) is 5.82 Å². The molecule has 3 N–H and O–H groups in total. The number of hydrogen-bond acceptors (Lipinski definition) is 6. The van der Waals surface area contributed by atoms with Gasteiger partial charge in [0, 0.05) is 47.4 Å². The zero-order valence-corrected chi connectivity index (χ0v) is 19.9. The Bertz CT molecular complexity index is 1480. The molecule has 2 aromatic heterocycles. The average molecular weight is 489 g/mol. The minimum absolute atomic E-state index is 0.0258. The van der Waals surface area contributed by atoms with E-state index in [9.17, 15) is 14.0 Å². The summed E-state index contributed by atoms with van der Waals surface area (Å²) in [6, 6.07) is 7.91. The Kier molecular flexibility index (Phi) is 6.09. The van der Waals surface area contributed by atoms with E-state index < -0.39 is 11.7 Å². The van der Waals surface area contributed by atoms with Crippen LogP contribution in [0.3, 0.4) is 0 Å². The summed E-state index contributed by atoms with van der Waals surface area (Å²) in [7, 11) is 1.54. The van der Waals surface area contributed by atoms with Crippen molar-refractivity contribution in [2.75, 3.05) is 13.7 Å². The van der Waals surface area contributed by atoms with Gasteiger partial charge in [-0.15, -0.1) is 0 Å². The maximum Gasteiger partial charge on any atom is 0.251 e. The number of hydrogen-bond donors (Lipinski definition) is 2. The predicted octanol–water partition coefficient (Wildman–Crippen LogP) is 3.29. The second-order valence-electron chi connectivity index (χ2n) is 8.67. The summed E-state index contributed by atoms with van der Waals surface area (Å²) in [5.41, 5.74) is 8.76. The molecule has 9 nitrogen and oxygen atoms in total. The SMILES string of the molecule is CCOc1ccc(F)c(-c2cnc(-n3nc(C4CC4)c4c(CC(N)=O)cc(C(=O)NC)cc43)nc2)c1. The summed E-state index contributed by atoms with van der Waals surface area (Å²) in [6.45, 7) is 2.32. The zero-order valence-electron chi connectivity index (χ0n) is 19.9. The van der Waals surface area contributed by atoms with E-state index in [-0.39, 0.29) is 24.2 Å². The van der Waals surface area contributed by atoms with Gasteiger partial charge in [-0.05, 0) is 55.7 Å². The smallest absolute Gasteiger partial charge is 0.251 e. The lowest BCUT2D eigenvalue weighted by Crippen LogP contribution is -2.19. The summed E-state index contributed by atoms with van der Waals surface area (Å²) >= 11 is 0. The first-order chi connectivity index (χ1) is 17.4. The molecule has 5 rings (SSSR count). The van der Waals surface area contributed by atoms with Crippen LogP contribution in [0.5, 0.6) is 5.75 Å². The summed E-state index contributed by atoms with van der Waals surface area (Å²) in [6.07, 6.45) is 4.98. The van der Waals surface area contributed by atoms with Gasteiger partial charge in [-0.25, -0.2) is 14.4 Å². The van der Waals surface area contributed by atoms with Crippen LogP contribution in [-0.2, 0) is 11.2 Å². The van der Waals surface area contributed by atoms with Gasteiger partial charge in [-0.1, -0.05) is 0 Å². The monoisotopic (exact) mass is 488 g/mol. The van der Waals surface area contributed by atoms with Gasteiger partial charge in [0.25, 0.3) is 11.9 Å². The van der Waals surface area contributed by atoms with Crippen LogP contribution in [0.1, 0.15) is 47.3 Å². The number of nitrogens with one attached hydrogen (secondary N) is 1. The van der Waals surface area contributed by atoms with E-state index >= 15 is 0 Å². The van der Waals surface area contributed by atoms with E-state index in [0.29, 0.717) is 40.1 Å². The van der Waals surface area contributed by atoms with E-state index in [1.54, 1.807) is 28.9 Å². The Balaban J connectivity index is 1.64. The molecule has 0 bridgehead atoms. The highest BCUT2D eigenvalue weighted by molar-refractivity contribution is 6.01. The number of benzene rings is 2. The van der Waals surface area contributed by atoms with Crippen LogP contribution in [-0.4, -0.2) is 45.2 Å². The second kappa shape index (κ2) is 9.37. The fourth-order valence-electron chi connectivity index (χ4n) is 4.31. The Hall–Kier alpha value is -4.34. The molecule has 2 amide bonds. The third kappa shape index (κ3) is 4.37. The Morgan fingerprint density at radius 1 is 1.19 bits per heavy atom. The lowest BCUT2D eigenvalue weighted by atomic mass is 9.99. The fraction of sp³-hybridized carbons (Fsp3) is 0.269. The standard InChI is InChI=1S/C26H25FN6O3/c1-3-36-18-6-7-20(27)19(11-18)17-12-30-26(31-13-17)33-21-9-16(25(35)29-2)8-15(10-22(28)34)23(21)24(32-33)14-4-5-14/h6-9,11-14H,3-5,10H2,1-2H3,(H2,28,34)(H,29,35). The number of carbonyl (C=O) groups excluding carboxylic acids is 2. The van der Waals surface area contributed by atoms with E-state index in [1.807, 2.05) is 6.92 Å². The Morgan fingerprint density at radius 2 is 1.94 bits per heavy atom. The number of carbonyl (C=O) groups is 2. The molecule has 0 spiro atoms. The van der Waals surface area contributed by atoms with Crippen molar-refractivity contribution < 1.29 is 18.7 Å². The fourth-order valence-corrected chi connectivity index (χ4v) is 4.31. The maximum atomic E-state index is 14.5. The van der Waals surface area contributed by atoms with Crippen molar-refractivity contribution >= 4 is 22.7 Å². The second-order valence-corrected chi connectivity index (χ2v) is 8.67. The molecule has 184 valence electrons.